The highest BCUT2D eigenvalue weighted by molar-refractivity contribution is 9.10. The van der Waals surface area contributed by atoms with E-state index < -0.39 is 6.04 Å². The van der Waals surface area contributed by atoms with Crippen LogP contribution in [0.25, 0.3) is 0 Å². The van der Waals surface area contributed by atoms with Crippen LogP contribution in [0.3, 0.4) is 0 Å². The van der Waals surface area contributed by atoms with Crippen molar-refractivity contribution in [2.75, 3.05) is 13.7 Å². The monoisotopic (exact) mass is 538 g/mol. The summed E-state index contributed by atoms with van der Waals surface area (Å²) in [5, 5.41) is 2.98. The minimum atomic E-state index is -0.711. The van der Waals surface area contributed by atoms with Crippen molar-refractivity contribution in [3.63, 3.8) is 0 Å². The molecule has 0 heterocycles. The summed E-state index contributed by atoms with van der Waals surface area (Å²) in [6, 6.07) is 23.8. The van der Waals surface area contributed by atoms with Crippen LogP contribution in [0.15, 0.2) is 83.3 Å². The molecule has 0 saturated carbocycles. The van der Waals surface area contributed by atoms with Gasteiger partial charge in [-0.2, -0.15) is 0 Å². The molecule has 0 spiro atoms. The van der Waals surface area contributed by atoms with Gasteiger partial charge in [0, 0.05) is 23.5 Å². The zero-order valence-electron chi connectivity index (χ0n) is 20.2. The maximum absolute atomic E-state index is 13.6. The number of rotatable bonds is 11. The Balaban J connectivity index is 1.91. The number of amides is 2. The molecule has 0 aromatic heterocycles. The Bertz CT molecular complexity index is 1100. The molecule has 6 nitrogen and oxygen atoms in total. The maximum Gasteiger partial charge on any atom is 0.261 e. The van der Waals surface area contributed by atoms with Gasteiger partial charge in [-0.3, -0.25) is 9.59 Å². The second kappa shape index (κ2) is 13.0. The number of carbonyl (C=O) groups is 2. The smallest absolute Gasteiger partial charge is 0.261 e. The molecule has 0 radical (unpaired) electrons. The lowest BCUT2D eigenvalue weighted by Crippen LogP contribution is -2.52. The summed E-state index contributed by atoms with van der Waals surface area (Å²) < 4.78 is 12.1. The van der Waals surface area contributed by atoms with Crippen LogP contribution in [0.5, 0.6) is 11.5 Å². The fourth-order valence-electron chi connectivity index (χ4n) is 3.68. The van der Waals surface area contributed by atoms with Crippen LogP contribution in [0.2, 0.25) is 0 Å². The van der Waals surface area contributed by atoms with Gasteiger partial charge in [0.25, 0.3) is 5.91 Å². The highest BCUT2D eigenvalue weighted by Gasteiger charge is 2.31. The molecule has 1 unspecified atom stereocenters. The topological polar surface area (TPSA) is 67.9 Å². The number of halogens is 1. The van der Waals surface area contributed by atoms with Crippen molar-refractivity contribution in [1.29, 1.82) is 0 Å². The Morgan fingerprint density at radius 3 is 2.14 bits per heavy atom. The number of ether oxygens (including phenoxy) is 2. The summed E-state index contributed by atoms with van der Waals surface area (Å²) >= 11 is 3.45. The zero-order valence-corrected chi connectivity index (χ0v) is 21.8. The van der Waals surface area contributed by atoms with Crippen LogP contribution in [0.1, 0.15) is 25.0 Å². The van der Waals surface area contributed by atoms with Gasteiger partial charge in [-0.25, -0.2) is 0 Å². The van der Waals surface area contributed by atoms with Crippen LogP contribution in [-0.4, -0.2) is 42.5 Å². The van der Waals surface area contributed by atoms with Gasteiger partial charge in [0.1, 0.15) is 6.04 Å². The van der Waals surface area contributed by atoms with Crippen molar-refractivity contribution in [1.82, 2.24) is 10.2 Å². The first-order chi connectivity index (χ1) is 16.9. The number of hydrogen-bond donors (Lipinski definition) is 1. The van der Waals surface area contributed by atoms with E-state index in [4.69, 9.17) is 9.47 Å². The van der Waals surface area contributed by atoms with Gasteiger partial charge in [0.15, 0.2) is 18.1 Å². The molecule has 3 rings (SSSR count). The van der Waals surface area contributed by atoms with Gasteiger partial charge in [0.05, 0.1) is 7.11 Å². The molecule has 0 aliphatic heterocycles. The molecule has 0 aliphatic rings. The highest BCUT2D eigenvalue weighted by atomic mass is 79.9. The molecule has 3 aromatic carbocycles. The quantitative estimate of drug-likeness (QED) is 0.373. The van der Waals surface area contributed by atoms with Crippen molar-refractivity contribution in [2.24, 2.45) is 0 Å². The van der Waals surface area contributed by atoms with E-state index in [2.05, 4.69) is 21.2 Å². The second-order valence-corrected chi connectivity index (χ2v) is 9.37. The minimum Gasteiger partial charge on any atom is -0.493 e. The van der Waals surface area contributed by atoms with E-state index in [1.54, 1.807) is 24.1 Å². The molecule has 1 atom stereocenters. The van der Waals surface area contributed by atoms with Crippen LogP contribution in [0.4, 0.5) is 0 Å². The molecule has 7 heteroatoms. The van der Waals surface area contributed by atoms with Gasteiger partial charge in [-0.1, -0.05) is 70.5 Å². The number of para-hydroxylation sites is 2. The van der Waals surface area contributed by atoms with Crippen molar-refractivity contribution < 1.29 is 19.1 Å². The van der Waals surface area contributed by atoms with E-state index in [-0.39, 0.29) is 31.0 Å². The largest absolute Gasteiger partial charge is 0.493 e. The van der Waals surface area contributed by atoms with Crippen LogP contribution >= 0.6 is 15.9 Å². The number of hydrogen-bond acceptors (Lipinski definition) is 4. The molecule has 1 N–H and O–H groups in total. The third-order valence-electron chi connectivity index (χ3n) is 5.39. The van der Waals surface area contributed by atoms with Crippen molar-refractivity contribution in [3.8, 4) is 11.5 Å². The summed E-state index contributed by atoms with van der Waals surface area (Å²) in [6.45, 7) is 3.86. The van der Waals surface area contributed by atoms with E-state index in [9.17, 15) is 9.59 Å². The number of methoxy groups -OCH3 is 1. The highest BCUT2D eigenvalue weighted by Crippen LogP contribution is 2.26. The number of carbonyl (C=O) groups excluding carboxylic acids is 2. The average Bonchev–Trinajstić information content (AvgIpc) is 2.86. The molecule has 3 aromatic rings. The molecule has 184 valence electrons. The summed E-state index contributed by atoms with van der Waals surface area (Å²) in [5.74, 6) is 0.515. The molecule has 35 heavy (non-hydrogen) atoms. The Morgan fingerprint density at radius 2 is 1.51 bits per heavy atom. The fourth-order valence-corrected chi connectivity index (χ4v) is 3.95. The second-order valence-electron chi connectivity index (χ2n) is 8.46. The Kier molecular flexibility index (Phi) is 9.73. The predicted octanol–water partition coefficient (Wildman–Crippen LogP) is 5.00. The van der Waals surface area contributed by atoms with Crippen LogP contribution in [-0.2, 0) is 22.6 Å². The van der Waals surface area contributed by atoms with E-state index >= 15 is 0 Å². The number of nitrogens with zero attached hydrogens (tertiary/aromatic N) is 1. The lowest BCUT2D eigenvalue weighted by atomic mass is 10.0. The molecular formula is C28H31BrN2O4. The summed E-state index contributed by atoms with van der Waals surface area (Å²) in [5.41, 5.74) is 1.88. The van der Waals surface area contributed by atoms with Gasteiger partial charge in [-0.05, 0) is 49.2 Å². The van der Waals surface area contributed by atoms with Gasteiger partial charge < -0.3 is 19.7 Å². The van der Waals surface area contributed by atoms with Gasteiger partial charge in [0.2, 0.25) is 5.91 Å². The maximum atomic E-state index is 13.6. The summed E-state index contributed by atoms with van der Waals surface area (Å²) in [6.07, 6.45) is 0.385. The van der Waals surface area contributed by atoms with E-state index in [0.29, 0.717) is 17.9 Å². The van der Waals surface area contributed by atoms with Gasteiger partial charge in [-0.15, -0.1) is 0 Å². The Morgan fingerprint density at radius 1 is 0.886 bits per heavy atom. The molecule has 0 saturated heterocycles. The van der Waals surface area contributed by atoms with Gasteiger partial charge >= 0.3 is 0 Å². The molecule has 0 fully saturated rings. The summed E-state index contributed by atoms with van der Waals surface area (Å²) in [7, 11) is 1.55. The van der Waals surface area contributed by atoms with Crippen molar-refractivity contribution in [2.45, 2.75) is 38.9 Å². The van der Waals surface area contributed by atoms with E-state index in [1.807, 2.05) is 80.6 Å². The standard InChI is InChI=1S/C28H31BrN2O4/c1-20(2)30-28(33)24(17-21-9-5-4-6-10-21)31(18-22-13-15-23(29)16-14-22)27(32)19-35-26-12-8-7-11-25(26)34-3/h4-16,20,24H,17-19H2,1-3H3,(H,30,33). The third-order valence-corrected chi connectivity index (χ3v) is 5.92. The summed E-state index contributed by atoms with van der Waals surface area (Å²) in [4.78, 5) is 28.5. The average molecular weight is 539 g/mol. The number of benzene rings is 3. The zero-order chi connectivity index (χ0) is 25.2. The molecule has 2 amide bonds. The van der Waals surface area contributed by atoms with Crippen LogP contribution in [0, 0.1) is 0 Å². The molecule has 0 bridgehead atoms. The van der Waals surface area contributed by atoms with Crippen LogP contribution < -0.4 is 14.8 Å². The Labute approximate surface area is 215 Å². The fraction of sp³-hybridized carbons (Fsp3) is 0.286. The van der Waals surface area contributed by atoms with E-state index in [0.717, 1.165) is 15.6 Å². The first kappa shape index (κ1) is 26.3. The molecular weight excluding hydrogens is 508 g/mol. The normalized spacial score (nSPS) is 11.6. The van der Waals surface area contributed by atoms with Crippen molar-refractivity contribution >= 4 is 27.7 Å². The van der Waals surface area contributed by atoms with Crippen molar-refractivity contribution in [3.05, 3.63) is 94.5 Å². The minimum absolute atomic E-state index is 0.0600. The SMILES string of the molecule is COc1ccccc1OCC(=O)N(Cc1ccc(Br)cc1)C(Cc1ccccc1)C(=O)NC(C)C. The molecule has 0 aliphatic carbocycles. The Hall–Kier alpha value is -3.32. The number of nitrogens with one attached hydrogen (secondary N) is 1. The van der Waals surface area contributed by atoms with E-state index in [1.165, 1.54) is 0 Å². The first-order valence-corrected chi connectivity index (χ1v) is 12.3. The third kappa shape index (κ3) is 7.86. The predicted molar refractivity (Wildman–Crippen MR) is 140 cm³/mol. The first-order valence-electron chi connectivity index (χ1n) is 11.5. The lowest BCUT2D eigenvalue weighted by molar-refractivity contribution is -0.143. The lowest BCUT2D eigenvalue weighted by Gasteiger charge is -2.32.